The summed E-state index contributed by atoms with van der Waals surface area (Å²) in [7, 11) is 0. The maximum Gasteiger partial charge on any atom is 0.220 e. The Morgan fingerprint density at radius 1 is 1.41 bits per heavy atom. The first-order valence-electron chi connectivity index (χ1n) is 8.23. The van der Waals surface area contributed by atoms with Crippen molar-refractivity contribution >= 4 is 5.91 Å². The summed E-state index contributed by atoms with van der Waals surface area (Å²) in [6, 6.07) is 2.00. The van der Waals surface area contributed by atoms with Gasteiger partial charge in [0.25, 0.3) is 0 Å². The van der Waals surface area contributed by atoms with Crippen LogP contribution in [0, 0.1) is 13.8 Å². The van der Waals surface area contributed by atoms with Gasteiger partial charge in [-0.25, -0.2) is 0 Å². The average Bonchev–Trinajstić information content (AvgIpc) is 2.51. The molecule has 22 heavy (non-hydrogen) atoms. The summed E-state index contributed by atoms with van der Waals surface area (Å²) in [6.45, 7) is 8.59. The van der Waals surface area contributed by atoms with Crippen molar-refractivity contribution in [2.45, 2.75) is 65.5 Å². The molecular weight excluding hydrogens is 278 g/mol. The van der Waals surface area contributed by atoms with Gasteiger partial charge in [0.2, 0.25) is 5.91 Å². The van der Waals surface area contributed by atoms with Crippen LogP contribution in [-0.4, -0.2) is 17.6 Å². The SMILES string of the molecule is CCCC(O)c1cc2c(c(C)c1C)OCCC2NC(=O)CC. The first-order chi connectivity index (χ1) is 10.5. The Bertz CT molecular complexity index is 554. The molecule has 122 valence electrons. The second kappa shape index (κ2) is 7.14. The van der Waals surface area contributed by atoms with Crippen LogP contribution in [0.4, 0.5) is 0 Å². The Hall–Kier alpha value is -1.55. The van der Waals surface area contributed by atoms with Crippen LogP contribution >= 0.6 is 0 Å². The monoisotopic (exact) mass is 305 g/mol. The number of fused-ring (bicyclic) bond motifs is 1. The van der Waals surface area contributed by atoms with Crippen LogP contribution in [0.5, 0.6) is 5.75 Å². The van der Waals surface area contributed by atoms with Crippen molar-refractivity contribution in [3.8, 4) is 5.75 Å². The molecule has 2 N–H and O–H groups in total. The first kappa shape index (κ1) is 16.8. The zero-order valence-corrected chi connectivity index (χ0v) is 14.0. The van der Waals surface area contributed by atoms with E-state index in [1.165, 1.54) is 0 Å². The number of carbonyl (C=O) groups excluding carboxylic acids is 1. The molecule has 0 saturated heterocycles. The van der Waals surface area contributed by atoms with Gasteiger partial charge in [-0.2, -0.15) is 0 Å². The summed E-state index contributed by atoms with van der Waals surface area (Å²) in [5.74, 6) is 0.921. The summed E-state index contributed by atoms with van der Waals surface area (Å²) in [5.41, 5.74) is 4.11. The molecule has 1 amide bonds. The summed E-state index contributed by atoms with van der Waals surface area (Å²) < 4.78 is 5.84. The molecule has 1 heterocycles. The lowest BCUT2D eigenvalue weighted by molar-refractivity contribution is -0.121. The third-order valence-corrected chi connectivity index (χ3v) is 4.52. The zero-order chi connectivity index (χ0) is 16.3. The summed E-state index contributed by atoms with van der Waals surface area (Å²) in [4.78, 5) is 11.8. The maximum atomic E-state index is 11.8. The van der Waals surface area contributed by atoms with Gasteiger partial charge in [0.1, 0.15) is 5.75 Å². The number of benzene rings is 1. The largest absolute Gasteiger partial charge is 0.493 e. The fourth-order valence-electron chi connectivity index (χ4n) is 3.05. The van der Waals surface area contributed by atoms with Crippen LogP contribution in [0.2, 0.25) is 0 Å². The van der Waals surface area contributed by atoms with Crippen molar-refractivity contribution < 1.29 is 14.6 Å². The standard InChI is InChI=1S/C18H27NO3/c1-5-7-16(20)13-10-14-15(19-17(21)6-2)8-9-22-18(14)12(4)11(13)3/h10,15-16,20H,5-9H2,1-4H3,(H,19,21). The zero-order valence-electron chi connectivity index (χ0n) is 14.0. The Balaban J connectivity index is 2.43. The maximum absolute atomic E-state index is 11.8. The lowest BCUT2D eigenvalue weighted by Crippen LogP contribution is -2.32. The van der Waals surface area contributed by atoms with Crippen molar-refractivity contribution in [2.75, 3.05) is 6.61 Å². The fourth-order valence-corrected chi connectivity index (χ4v) is 3.05. The summed E-state index contributed by atoms with van der Waals surface area (Å²) >= 11 is 0. The number of aliphatic hydroxyl groups is 1. The van der Waals surface area contributed by atoms with Crippen molar-refractivity contribution in [3.63, 3.8) is 0 Å². The van der Waals surface area contributed by atoms with Crippen LogP contribution in [0.3, 0.4) is 0 Å². The van der Waals surface area contributed by atoms with E-state index in [1.807, 2.05) is 26.8 Å². The van der Waals surface area contributed by atoms with Crippen LogP contribution in [0.15, 0.2) is 6.07 Å². The smallest absolute Gasteiger partial charge is 0.220 e. The van der Waals surface area contributed by atoms with Crippen molar-refractivity contribution in [3.05, 3.63) is 28.3 Å². The Morgan fingerprint density at radius 3 is 2.77 bits per heavy atom. The minimum absolute atomic E-state index is 0.0249. The Kier molecular flexibility index (Phi) is 5.46. The highest BCUT2D eigenvalue weighted by Gasteiger charge is 2.27. The molecule has 4 nitrogen and oxygen atoms in total. The predicted octanol–water partition coefficient (Wildman–Crippen LogP) is 3.49. The molecule has 1 aromatic carbocycles. The van der Waals surface area contributed by atoms with Crippen molar-refractivity contribution in [2.24, 2.45) is 0 Å². The van der Waals surface area contributed by atoms with E-state index < -0.39 is 6.10 Å². The number of amides is 1. The summed E-state index contributed by atoms with van der Waals surface area (Å²) in [5, 5.41) is 13.5. The number of carbonyl (C=O) groups is 1. The van der Waals surface area contributed by atoms with Gasteiger partial charge in [-0.1, -0.05) is 20.3 Å². The second-order valence-corrected chi connectivity index (χ2v) is 6.05. The molecular formula is C18H27NO3. The minimum atomic E-state index is -0.460. The van der Waals surface area contributed by atoms with E-state index in [4.69, 9.17) is 4.74 Å². The van der Waals surface area contributed by atoms with Gasteiger partial charge in [0, 0.05) is 18.4 Å². The van der Waals surface area contributed by atoms with E-state index in [0.717, 1.165) is 47.3 Å². The van der Waals surface area contributed by atoms with Gasteiger partial charge >= 0.3 is 0 Å². The molecule has 0 aliphatic carbocycles. The first-order valence-corrected chi connectivity index (χ1v) is 8.23. The number of hydrogen-bond donors (Lipinski definition) is 2. The average molecular weight is 305 g/mol. The van der Waals surface area contributed by atoms with Crippen LogP contribution < -0.4 is 10.1 Å². The number of nitrogens with one attached hydrogen (secondary N) is 1. The molecule has 0 saturated carbocycles. The highest BCUT2D eigenvalue weighted by Crippen LogP contribution is 2.40. The molecule has 2 atom stereocenters. The molecule has 0 radical (unpaired) electrons. The molecule has 1 aromatic rings. The minimum Gasteiger partial charge on any atom is -0.493 e. The number of rotatable bonds is 5. The molecule has 4 heteroatoms. The third kappa shape index (κ3) is 3.27. The third-order valence-electron chi connectivity index (χ3n) is 4.52. The fraction of sp³-hybridized carbons (Fsp3) is 0.611. The molecule has 2 unspecified atom stereocenters. The predicted molar refractivity (Wildman–Crippen MR) is 87.1 cm³/mol. The van der Waals surface area contributed by atoms with E-state index in [2.05, 4.69) is 12.2 Å². The highest BCUT2D eigenvalue weighted by molar-refractivity contribution is 5.76. The van der Waals surface area contributed by atoms with Gasteiger partial charge < -0.3 is 15.2 Å². The number of aliphatic hydroxyl groups excluding tert-OH is 1. The molecule has 0 aromatic heterocycles. The van der Waals surface area contributed by atoms with Gasteiger partial charge in [-0.05, 0) is 43.0 Å². The molecule has 0 spiro atoms. The van der Waals surface area contributed by atoms with Gasteiger partial charge in [-0.3, -0.25) is 4.79 Å². The van der Waals surface area contributed by atoms with E-state index >= 15 is 0 Å². The lowest BCUT2D eigenvalue weighted by atomic mass is 9.88. The van der Waals surface area contributed by atoms with E-state index in [9.17, 15) is 9.90 Å². The Labute approximate surface area is 132 Å². The molecule has 2 rings (SSSR count). The normalized spacial score (nSPS) is 18.3. The molecule has 1 aliphatic rings. The van der Waals surface area contributed by atoms with E-state index in [1.54, 1.807) is 0 Å². The van der Waals surface area contributed by atoms with Gasteiger partial charge in [-0.15, -0.1) is 0 Å². The van der Waals surface area contributed by atoms with E-state index in [0.29, 0.717) is 13.0 Å². The second-order valence-electron chi connectivity index (χ2n) is 6.05. The molecule has 0 bridgehead atoms. The lowest BCUT2D eigenvalue weighted by Gasteiger charge is -2.30. The number of hydrogen-bond acceptors (Lipinski definition) is 3. The molecule has 0 fully saturated rings. The highest BCUT2D eigenvalue weighted by atomic mass is 16.5. The summed E-state index contributed by atoms with van der Waals surface area (Å²) in [6.07, 6.45) is 2.46. The van der Waals surface area contributed by atoms with Crippen LogP contribution in [-0.2, 0) is 4.79 Å². The quantitative estimate of drug-likeness (QED) is 0.875. The topological polar surface area (TPSA) is 58.6 Å². The van der Waals surface area contributed by atoms with Crippen molar-refractivity contribution in [1.82, 2.24) is 5.32 Å². The van der Waals surface area contributed by atoms with Crippen LogP contribution in [0.1, 0.15) is 73.9 Å². The van der Waals surface area contributed by atoms with E-state index in [-0.39, 0.29) is 11.9 Å². The van der Waals surface area contributed by atoms with Gasteiger partial charge in [0.15, 0.2) is 0 Å². The Morgan fingerprint density at radius 2 is 2.14 bits per heavy atom. The van der Waals surface area contributed by atoms with Gasteiger partial charge in [0.05, 0.1) is 18.8 Å². The van der Waals surface area contributed by atoms with Crippen LogP contribution in [0.25, 0.3) is 0 Å². The molecule has 1 aliphatic heterocycles. The van der Waals surface area contributed by atoms with Crippen molar-refractivity contribution in [1.29, 1.82) is 0 Å². The number of ether oxygens (including phenoxy) is 1.